The molecular weight excluding hydrogens is 298 g/mol. The minimum Gasteiger partial charge on any atom is -0.481 e. The highest BCUT2D eigenvalue weighted by molar-refractivity contribution is 6.29. The Morgan fingerprint density at radius 1 is 1.33 bits per heavy atom. The first-order valence-electron chi connectivity index (χ1n) is 6.28. The zero-order chi connectivity index (χ0) is 15.4. The Kier molecular flexibility index (Phi) is 4.74. The molecule has 2 rings (SSSR count). The van der Waals surface area contributed by atoms with Gasteiger partial charge in [0.2, 0.25) is 17.7 Å². The number of carbonyl (C=O) groups is 2. The van der Waals surface area contributed by atoms with Crippen LogP contribution in [0.1, 0.15) is 12.8 Å². The molecule has 112 valence electrons. The average Bonchev–Trinajstić information content (AvgIpc) is 2.46. The number of hydrogen-bond acceptors (Lipinski definition) is 5. The van der Waals surface area contributed by atoms with Crippen molar-refractivity contribution < 1.29 is 19.4 Å². The Morgan fingerprint density at radius 2 is 2.00 bits per heavy atom. The second-order valence-electron chi connectivity index (χ2n) is 4.54. The number of rotatable bonds is 4. The van der Waals surface area contributed by atoms with Gasteiger partial charge in [0.05, 0.1) is 18.9 Å². The molecule has 21 heavy (non-hydrogen) atoms. The number of halogens is 1. The number of aromatic nitrogens is 2. The zero-order valence-electron chi connectivity index (χ0n) is 11.2. The largest absolute Gasteiger partial charge is 0.481 e. The molecule has 1 aliphatic rings. The van der Waals surface area contributed by atoms with Gasteiger partial charge in [0.25, 0.3) is 0 Å². The topological polar surface area (TPSA) is 101 Å². The van der Waals surface area contributed by atoms with Crippen molar-refractivity contribution in [3.63, 3.8) is 0 Å². The van der Waals surface area contributed by atoms with Crippen LogP contribution in [-0.4, -0.2) is 34.1 Å². The van der Waals surface area contributed by atoms with Crippen molar-refractivity contribution in [1.29, 1.82) is 0 Å². The van der Waals surface area contributed by atoms with Crippen LogP contribution >= 0.6 is 11.6 Å². The summed E-state index contributed by atoms with van der Waals surface area (Å²) in [4.78, 5) is 31.2. The van der Waals surface area contributed by atoms with Crippen molar-refractivity contribution in [2.24, 2.45) is 11.8 Å². The third-order valence-electron chi connectivity index (χ3n) is 3.20. The molecule has 2 atom stereocenters. The number of anilines is 1. The molecule has 1 aromatic rings. The van der Waals surface area contributed by atoms with Gasteiger partial charge in [-0.05, 0) is 12.8 Å². The molecule has 0 radical (unpaired) electrons. The summed E-state index contributed by atoms with van der Waals surface area (Å²) in [7, 11) is 1.41. The molecule has 7 nitrogen and oxygen atoms in total. The number of carboxylic acid groups (broad SMARTS) is 1. The number of aliphatic carboxylic acids is 1. The molecule has 0 unspecified atom stereocenters. The van der Waals surface area contributed by atoms with Gasteiger partial charge in [-0.25, -0.2) is 4.98 Å². The predicted octanol–water partition coefficient (Wildman–Crippen LogP) is 1.74. The second kappa shape index (κ2) is 6.53. The first-order chi connectivity index (χ1) is 10.0. The van der Waals surface area contributed by atoms with E-state index in [4.69, 9.17) is 21.4 Å². The van der Waals surface area contributed by atoms with E-state index in [1.54, 1.807) is 12.2 Å². The summed E-state index contributed by atoms with van der Waals surface area (Å²) in [5.41, 5.74) is 0. The summed E-state index contributed by atoms with van der Waals surface area (Å²) in [6.07, 6.45) is 4.25. The van der Waals surface area contributed by atoms with Crippen molar-refractivity contribution in [3.8, 4) is 5.88 Å². The molecule has 0 fully saturated rings. The normalized spacial score (nSPS) is 20.9. The molecule has 2 N–H and O–H groups in total. The van der Waals surface area contributed by atoms with E-state index in [1.165, 1.54) is 13.2 Å². The highest BCUT2D eigenvalue weighted by Crippen LogP contribution is 2.27. The lowest BCUT2D eigenvalue weighted by Crippen LogP contribution is -2.35. The summed E-state index contributed by atoms with van der Waals surface area (Å²) < 4.78 is 4.93. The first-order valence-corrected chi connectivity index (χ1v) is 6.66. The highest BCUT2D eigenvalue weighted by Gasteiger charge is 2.34. The monoisotopic (exact) mass is 311 g/mol. The van der Waals surface area contributed by atoms with Gasteiger partial charge in [0.15, 0.2) is 0 Å². The Hall–Kier alpha value is -2.15. The quantitative estimate of drug-likeness (QED) is 0.649. The third-order valence-corrected chi connectivity index (χ3v) is 3.40. The molecule has 0 aromatic carbocycles. The van der Waals surface area contributed by atoms with Crippen LogP contribution in [0.5, 0.6) is 5.88 Å². The standard InChI is InChI=1S/C13H14ClN3O4/c1-21-10-6-9(14)15-13(16-10)17-11(18)7-4-2-3-5-8(7)12(19)20/h2-3,6-8H,4-5H2,1H3,(H,19,20)(H,15,16,17,18)/t7-,8+/m1/s1. The lowest BCUT2D eigenvalue weighted by atomic mass is 9.82. The number of carbonyl (C=O) groups excluding carboxylic acids is 1. The van der Waals surface area contributed by atoms with Crippen LogP contribution in [0, 0.1) is 11.8 Å². The third kappa shape index (κ3) is 3.69. The molecule has 8 heteroatoms. The summed E-state index contributed by atoms with van der Waals surface area (Å²) >= 11 is 5.79. The second-order valence-corrected chi connectivity index (χ2v) is 4.93. The number of ether oxygens (including phenoxy) is 1. The SMILES string of the molecule is COc1cc(Cl)nc(NC(=O)[C@@H]2CC=CC[C@@H]2C(=O)O)n1. The molecule has 1 amide bonds. The predicted molar refractivity (Wildman–Crippen MR) is 75.2 cm³/mol. The van der Waals surface area contributed by atoms with Crippen LogP contribution in [0.4, 0.5) is 5.95 Å². The van der Waals surface area contributed by atoms with E-state index < -0.39 is 23.7 Å². The molecule has 1 aromatic heterocycles. The van der Waals surface area contributed by atoms with Gasteiger partial charge in [-0.1, -0.05) is 23.8 Å². The van der Waals surface area contributed by atoms with Crippen molar-refractivity contribution >= 4 is 29.4 Å². The fourth-order valence-electron chi connectivity index (χ4n) is 2.14. The van der Waals surface area contributed by atoms with Crippen LogP contribution in [0.15, 0.2) is 18.2 Å². The van der Waals surface area contributed by atoms with Gasteiger partial charge >= 0.3 is 5.97 Å². The van der Waals surface area contributed by atoms with Crippen LogP contribution in [0.3, 0.4) is 0 Å². The Labute approximate surface area is 126 Å². The molecule has 0 bridgehead atoms. The van der Waals surface area contributed by atoms with Crippen LogP contribution < -0.4 is 10.1 Å². The maximum atomic E-state index is 12.2. The number of hydrogen-bond donors (Lipinski definition) is 2. The van der Waals surface area contributed by atoms with Crippen molar-refractivity contribution in [2.45, 2.75) is 12.8 Å². The van der Waals surface area contributed by atoms with E-state index in [2.05, 4.69) is 15.3 Å². The number of allylic oxidation sites excluding steroid dienone is 2. The molecule has 0 saturated carbocycles. The summed E-state index contributed by atoms with van der Waals surface area (Å²) in [5.74, 6) is -2.66. The number of nitrogens with one attached hydrogen (secondary N) is 1. The van der Waals surface area contributed by atoms with E-state index >= 15 is 0 Å². The van der Waals surface area contributed by atoms with E-state index in [-0.39, 0.29) is 17.0 Å². The fraction of sp³-hybridized carbons (Fsp3) is 0.385. The Bertz CT molecular complexity index is 591. The van der Waals surface area contributed by atoms with E-state index in [9.17, 15) is 9.59 Å². The Morgan fingerprint density at radius 3 is 2.62 bits per heavy atom. The highest BCUT2D eigenvalue weighted by atomic mass is 35.5. The minimum absolute atomic E-state index is 0.0111. The van der Waals surface area contributed by atoms with Crippen LogP contribution in [-0.2, 0) is 9.59 Å². The lowest BCUT2D eigenvalue weighted by molar-refractivity contribution is -0.146. The van der Waals surface area contributed by atoms with E-state index in [0.29, 0.717) is 12.8 Å². The van der Waals surface area contributed by atoms with Gasteiger partial charge in [-0.2, -0.15) is 4.98 Å². The van der Waals surface area contributed by atoms with Gasteiger partial charge in [0.1, 0.15) is 5.15 Å². The van der Waals surface area contributed by atoms with Crippen molar-refractivity contribution in [1.82, 2.24) is 9.97 Å². The van der Waals surface area contributed by atoms with Gasteiger partial charge in [-0.15, -0.1) is 0 Å². The zero-order valence-corrected chi connectivity index (χ0v) is 12.0. The molecule has 1 aliphatic carbocycles. The lowest BCUT2D eigenvalue weighted by Gasteiger charge is -2.23. The number of carboxylic acids is 1. The summed E-state index contributed by atoms with van der Waals surface area (Å²) in [6, 6.07) is 1.40. The summed E-state index contributed by atoms with van der Waals surface area (Å²) in [6.45, 7) is 0. The number of amides is 1. The van der Waals surface area contributed by atoms with Gasteiger partial charge in [-0.3, -0.25) is 14.9 Å². The van der Waals surface area contributed by atoms with Gasteiger partial charge < -0.3 is 9.84 Å². The summed E-state index contributed by atoms with van der Waals surface area (Å²) in [5, 5.41) is 11.8. The van der Waals surface area contributed by atoms with E-state index in [1.807, 2.05) is 0 Å². The van der Waals surface area contributed by atoms with Crippen molar-refractivity contribution in [2.75, 3.05) is 12.4 Å². The first kappa shape index (κ1) is 15.2. The molecule has 0 saturated heterocycles. The number of nitrogens with zero attached hydrogens (tertiary/aromatic N) is 2. The molecule has 1 heterocycles. The molecule has 0 aliphatic heterocycles. The molecule has 0 spiro atoms. The number of methoxy groups -OCH3 is 1. The van der Waals surface area contributed by atoms with Crippen LogP contribution in [0.2, 0.25) is 5.15 Å². The minimum atomic E-state index is -0.996. The van der Waals surface area contributed by atoms with E-state index in [0.717, 1.165) is 0 Å². The average molecular weight is 312 g/mol. The Balaban J connectivity index is 2.15. The molecular formula is C13H14ClN3O4. The fourth-order valence-corrected chi connectivity index (χ4v) is 2.31. The van der Waals surface area contributed by atoms with Crippen molar-refractivity contribution in [3.05, 3.63) is 23.4 Å². The smallest absolute Gasteiger partial charge is 0.307 e. The van der Waals surface area contributed by atoms with Crippen LogP contribution in [0.25, 0.3) is 0 Å². The maximum absolute atomic E-state index is 12.2. The maximum Gasteiger partial charge on any atom is 0.307 e. The van der Waals surface area contributed by atoms with Gasteiger partial charge in [0, 0.05) is 6.07 Å².